The molecule has 0 radical (unpaired) electrons. The Morgan fingerprint density at radius 2 is 2.24 bits per heavy atom. The molecule has 1 aliphatic rings. The normalized spacial score (nSPS) is 18.8. The van der Waals surface area contributed by atoms with Crippen LogP contribution in [0.25, 0.3) is 0 Å². The quantitative estimate of drug-likeness (QED) is 0.550. The first-order chi connectivity index (χ1) is 9.97. The SMILES string of the molecule is COc1cc(N2CCN(C(=O)CCl)[C@@H](C)C2)c(F)cc1I. The number of rotatable bonds is 3. The molecule has 21 heavy (non-hydrogen) atoms. The van der Waals surface area contributed by atoms with E-state index in [1.807, 2.05) is 34.4 Å². The minimum absolute atomic E-state index is 0.00493. The van der Waals surface area contributed by atoms with E-state index in [0.29, 0.717) is 31.1 Å². The molecule has 1 aromatic rings. The Morgan fingerprint density at radius 1 is 1.52 bits per heavy atom. The number of piperazine rings is 1. The predicted molar refractivity (Wildman–Crippen MR) is 89.8 cm³/mol. The van der Waals surface area contributed by atoms with Crippen molar-refractivity contribution in [1.29, 1.82) is 0 Å². The minimum atomic E-state index is -0.274. The van der Waals surface area contributed by atoms with E-state index in [1.54, 1.807) is 18.1 Å². The number of methoxy groups -OCH3 is 1. The molecule has 0 aliphatic carbocycles. The van der Waals surface area contributed by atoms with Gasteiger partial charge in [-0.1, -0.05) is 0 Å². The maximum absolute atomic E-state index is 14.2. The van der Waals surface area contributed by atoms with Crippen molar-refractivity contribution >= 4 is 45.8 Å². The Hall–Kier alpha value is -0.760. The zero-order chi connectivity index (χ0) is 15.6. The summed E-state index contributed by atoms with van der Waals surface area (Å²) in [6.07, 6.45) is 0. The van der Waals surface area contributed by atoms with Crippen LogP contribution in [0.5, 0.6) is 5.75 Å². The highest BCUT2D eigenvalue weighted by Gasteiger charge is 2.28. The molecule has 0 saturated carbocycles. The lowest BCUT2D eigenvalue weighted by Gasteiger charge is -2.41. The van der Waals surface area contributed by atoms with Gasteiger partial charge in [-0.3, -0.25) is 4.79 Å². The number of hydrogen-bond acceptors (Lipinski definition) is 3. The Morgan fingerprint density at radius 3 is 2.81 bits per heavy atom. The van der Waals surface area contributed by atoms with E-state index in [1.165, 1.54) is 6.07 Å². The Labute approximate surface area is 142 Å². The summed E-state index contributed by atoms with van der Waals surface area (Å²) in [6, 6.07) is 3.17. The number of carbonyl (C=O) groups is 1. The van der Waals surface area contributed by atoms with Crippen molar-refractivity contribution in [2.75, 3.05) is 37.5 Å². The summed E-state index contributed by atoms with van der Waals surface area (Å²) in [6.45, 7) is 3.63. The molecule has 116 valence electrons. The second-order valence-electron chi connectivity index (χ2n) is 4.95. The largest absolute Gasteiger partial charge is 0.496 e. The number of nitrogens with zero attached hydrogens (tertiary/aromatic N) is 2. The molecular formula is C14H17ClFIN2O2. The number of benzene rings is 1. The maximum atomic E-state index is 14.2. The smallest absolute Gasteiger partial charge is 0.237 e. The summed E-state index contributed by atoms with van der Waals surface area (Å²) in [5.74, 6) is 0.281. The van der Waals surface area contributed by atoms with Gasteiger partial charge in [0.2, 0.25) is 5.91 Å². The average Bonchev–Trinajstić information content (AvgIpc) is 2.46. The third-order valence-corrected chi connectivity index (χ3v) is 4.70. The highest BCUT2D eigenvalue weighted by Crippen LogP contribution is 2.31. The first kappa shape index (κ1) is 16.6. The Bertz CT molecular complexity index is 544. The van der Waals surface area contributed by atoms with Crippen LogP contribution >= 0.6 is 34.2 Å². The number of halogens is 3. The molecule has 0 unspecified atom stereocenters. The van der Waals surface area contributed by atoms with Crippen LogP contribution in [0, 0.1) is 9.39 Å². The van der Waals surface area contributed by atoms with Crippen molar-refractivity contribution in [3.05, 3.63) is 21.5 Å². The predicted octanol–water partition coefficient (Wildman–Crippen LogP) is 2.71. The van der Waals surface area contributed by atoms with Gasteiger partial charge in [0.1, 0.15) is 17.4 Å². The van der Waals surface area contributed by atoms with Gasteiger partial charge in [0.25, 0.3) is 0 Å². The standard InChI is InChI=1S/C14H17ClFIN2O2/c1-9-8-18(3-4-19(9)14(20)7-15)12-6-13(21-2)11(17)5-10(12)16/h5-6,9H,3-4,7-8H2,1-2H3/t9-/m0/s1. The van der Waals surface area contributed by atoms with E-state index in [9.17, 15) is 9.18 Å². The molecule has 0 bridgehead atoms. The first-order valence-corrected chi connectivity index (χ1v) is 8.22. The number of carbonyl (C=O) groups excluding carboxylic acids is 1. The van der Waals surface area contributed by atoms with Crippen LogP contribution < -0.4 is 9.64 Å². The van der Waals surface area contributed by atoms with Crippen LogP contribution in [0.15, 0.2) is 12.1 Å². The molecule has 1 amide bonds. The fraction of sp³-hybridized carbons (Fsp3) is 0.500. The molecule has 1 heterocycles. The fourth-order valence-electron chi connectivity index (χ4n) is 2.54. The lowest BCUT2D eigenvalue weighted by atomic mass is 10.1. The second-order valence-corrected chi connectivity index (χ2v) is 6.38. The topological polar surface area (TPSA) is 32.8 Å². The van der Waals surface area contributed by atoms with Gasteiger partial charge < -0.3 is 14.5 Å². The number of hydrogen-bond donors (Lipinski definition) is 0. The van der Waals surface area contributed by atoms with Crippen LogP contribution in [-0.4, -0.2) is 49.5 Å². The van der Waals surface area contributed by atoms with Gasteiger partial charge in [-0.05, 0) is 35.6 Å². The maximum Gasteiger partial charge on any atom is 0.237 e. The lowest BCUT2D eigenvalue weighted by molar-refractivity contribution is -0.130. The third kappa shape index (κ3) is 3.53. The summed E-state index contributed by atoms with van der Waals surface area (Å²) in [5.41, 5.74) is 0.511. The van der Waals surface area contributed by atoms with Gasteiger partial charge >= 0.3 is 0 Å². The summed E-state index contributed by atoms with van der Waals surface area (Å²) >= 11 is 7.65. The number of ether oxygens (including phenoxy) is 1. The van der Waals surface area contributed by atoms with Crippen LogP contribution in [0.1, 0.15) is 6.92 Å². The van der Waals surface area contributed by atoms with Crippen LogP contribution in [0.3, 0.4) is 0 Å². The van der Waals surface area contributed by atoms with E-state index < -0.39 is 0 Å². The van der Waals surface area contributed by atoms with Gasteiger partial charge in [-0.25, -0.2) is 4.39 Å². The second kappa shape index (κ2) is 7.00. The van der Waals surface area contributed by atoms with Crippen molar-refractivity contribution in [2.24, 2.45) is 0 Å². The average molecular weight is 427 g/mol. The van der Waals surface area contributed by atoms with Gasteiger partial charge in [0, 0.05) is 31.7 Å². The molecular weight excluding hydrogens is 410 g/mol. The lowest BCUT2D eigenvalue weighted by Crippen LogP contribution is -2.54. The van der Waals surface area contributed by atoms with Crippen LogP contribution in [-0.2, 0) is 4.79 Å². The summed E-state index contributed by atoms with van der Waals surface area (Å²) in [5, 5.41) is 0. The summed E-state index contributed by atoms with van der Waals surface area (Å²) in [4.78, 5) is 15.4. The van der Waals surface area contributed by atoms with E-state index >= 15 is 0 Å². The molecule has 1 atom stereocenters. The molecule has 0 spiro atoms. The van der Waals surface area contributed by atoms with Gasteiger partial charge in [0.15, 0.2) is 0 Å². The van der Waals surface area contributed by atoms with Gasteiger partial charge in [-0.15, -0.1) is 11.6 Å². The van der Waals surface area contributed by atoms with Crippen molar-refractivity contribution in [3.63, 3.8) is 0 Å². The molecule has 4 nitrogen and oxygen atoms in total. The van der Waals surface area contributed by atoms with E-state index in [-0.39, 0.29) is 23.6 Å². The highest BCUT2D eigenvalue weighted by molar-refractivity contribution is 14.1. The molecule has 1 fully saturated rings. The number of amides is 1. The molecule has 1 aliphatic heterocycles. The summed E-state index contributed by atoms with van der Waals surface area (Å²) in [7, 11) is 1.57. The van der Waals surface area contributed by atoms with Gasteiger partial charge in [0.05, 0.1) is 16.4 Å². The van der Waals surface area contributed by atoms with Crippen molar-refractivity contribution in [3.8, 4) is 5.75 Å². The van der Waals surface area contributed by atoms with E-state index in [0.717, 1.165) is 3.57 Å². The number of anilines is 1. The Balaban J connectivity index is 2.20. The molecule has 7 heteroatoms. The third-order valence-electron chi connectivity index (χ3n) is 3.62. The molecule has 2 rings (SSSR count). The molecule has 0 aromatic heterocycles. The van der Waals surface area contributed by atoms with Crippen LogP contribution in [0.2, 0.25) is 0 Å². The highest BCUT2D eigenvalue weighted by atomic mass is 127. The van der Waals surface area contributed by atoms with E-state index in [2.05, 4.69) is 0 Å². The Kier molecular flexibility index (Phi) is 5.54. The van der Waals surface area contributed by atoms with Gasteiger partial charge in [-0.2, -0.15) is 0 Å². The zero-order valence-corrected chi connectivity index (χ0v) is 14.8. The van der Waals surface area contributed by atoms with Crippen LogP contribution in [0.4, 0.5) is 10.1 Å². The fourth-order valence-corrected chi connectivity index (χ4v) is 3.34. The monoisotopic (exact) mass is 426 g/mol. The number of alkyl halides is 1. The first-order valence-electron chi connectivity index (χ1n) is 6.61. The minimum Gasteiger partial charge on any atom is -0.496 e. The van der Waals surface area contributed by atoms with E-state index in [4.69, 9.17) is 16.3 Å². The molecule has 0 N–H and O–H groups in total. The van der Waals surface area contributed by atoms with Crippen molar-refractivity contribution in [1.82, 2.24) is 4.90 Å². The molecule has 1 aromatic carbocycles. The van der Waals surface area contributed by atoms with Crippen molar-refractivity contribution in [2.45, 2.75) is 13.0 Å². The summed E-state index contributed by atoms with van der Waals surface area (Å²) < 4.78 is 20.2. The molecule has 1 saturated heterocycles. The zero-order valence-electron chi connectivity index (χ0n) is 11.9. The van der Waals surface area contributed by atoms with Crippen molar-refractivity contribution < 1.29 is 13.9 Å².